The SMILES string of the molecule is COc1nc(Cl)nc(Nc2cccc3cccnc23)n1. The molecule has 0 unspecified atom stereocenters. The number of rotatable bonds is 3. The van der Waals surface area contributed by atoms with Gasteiger partial charge in [-0.25, -0.2) is 0 Å². The number of ether oxygens (including phenoxy) is 1. The van der Waals surface area contributed by atoms with Crippen LogP contribution in [0.5, 0.6) is 6.01 Å². The fraction of sp³-hybridized carbons (Fsp3) is 0.0769. The smallest absolute Gasteiger partial charge is 0.322 e. The van der Waals surface area contributed by atoms with E-state index in [4.69, 9.17) is 16.3 Å². The summed E-state index contributed by atoms with van der Waals surface area (Å²) >= 11 is 5.82. The van der Waals surface area contributed by atoms with E-state index in [9.17, 15) is 0 Å². The van der Waals surface area contributed by atoms with Crippen LogP contribution in [0.25, 0.3) is 10.9 Å². The lowest BCUT2D eigenvalue weighted by Crippen LogP contribution is -2.02. The second-order valence-electron chi connectivity index (χ2n) is 3.92. The molecule has 0 radical (unpaired) electrons. The van der Waals surface area contributed by atoms with Gasteiger partial charge in [0.25, 0.3) is 0 Å². The van der Waals surface area contributed by atoms with Crippen LogP contribution in [0.4, 0.5) is 11.6 Å². The standard InChI is InChI=1S/C13H10ClN5O/c1-20-13-18-11(14)17-12(19-13)16-9-6-2-4-8-5-3-7-15-10(8)9/h2-7H,1H3,(H,16,17,18,19). The molecule has 3 rings (SSSR count). The van der Waals surface area contributed by atoms with Gasteiger partial charge in [0.2, 0.25) is 11.2 Å². The van der Waals surface area contributed by atoms with Crippen molar-refractivity contribution in [3.05, 3.63) is 41.8 Å². The van der Waals surface area contributed by atoms with E-state index in [1.807, 2.05) is 30.3 Å². The Labute approximate surface area is 119 Å². The molecule has 0 aliphatic heterocycles. The molecule has 3 aromatic rings. The zero-order valence-electron chi connectivity index (χ0n) is 10.5. The summed E-state index contributed by atoms with van der Waals surface area (Å²) in [5.41, 5.74) is 1.61. The zero-order chi connectivity index (χ0) is 13.9. The number of hydrogen-bond donors (Lipinski definition) is 1. The highest BCUT2D eigenvalue weighted by molar-refractivity contribution is 6.28. The van der Waals surface area contributed by atoms with Gasteiger partial charge >= 0.3 is 6.01 Å². The summed E-state index contributed by atoms with van der Waals surface area (Å²) in [6, 6.07) is 9.81. The van der Waals surface area contributed by atoms with Crippen molar-refractivity contribution in [2.45, 2.75) is 0 Å². The summed E-state index contributed by atoms with van der Waals surface area (Å²) in [6.45, 7) is 0. The Balaban J connectivity index is 2.03. The number of benzene rings is 1. The number of nitrogens with one attached hydrogen (secondary N) is 1. The fourth-order valence-corrected chi connectivity index (χ4v) is 1.96. The third kappa shape index (κ3) is 2.46. The van der Waals surface area contributed by atoms with Gasteiger partial charge in [0.1, 0.15) is 0 Å². The van der Waals surface area contributed by atoms with Crippen LogP contribution in [0.2, 0.25) is 5.28 Å². The van der Waals surface area contributed by atoms with Gasteiger partial charge in [-0.15, -0.1) is 0 Å². The number of hydrogen-bond acceptors (Lipinski definition) is 6. The van der Waals surface area contributed by atoms with Gasteiger partial charge in [-0.1, -0.05) is 18.2 Å². The predicted octanol–water partition coefficient (Wildman–Crippen LogP) is 2.83. The van der Waals surface area contributed by atoms with Crippen LogP contribution in [-0.2, 0) is 0 Å². The first-order valence-electron chi connectivity index (χ1n) is 5.82. The fourth-order valence-electron chi connectivity index (χ4n) is 1.80. The van der Waals surface area contributed by atoms with E-state index in [-0.39, 0.29) is 11.3 Å². The van der Waals surface area contributed by atoms with E-state index in [1.54, 1.807) is 6.20 Å². The molecule has 1 aromatic carbocycles. The third-order valence-electron chi connectivity index (χ3n) is 2.65. The summed E-state index contributed by atoms with van der Waals surface area (Å²) in [7, 11) is 1.47. The number of nitrogens with zero attached hydrogens (tertiary/aromatic N) is 4. The topological polar surface area (TPSA) is 72.8 Å². The summed E-state index contributed by atoms with van der Waals surface area (Å²) in [5.74, 6) is 0.306. The molecule has 0 atom stereocenters. The number of methoxy groups -OCH3 is 1. The monoisotopic (exact) mass is 287 g/mol. The molecule has 0 fully saturated rings. The van der Waals surface area contributed by atoms with E-state index >= 15 is 0 Å². The van der Waals surface area contributed by atoms with Crippen LogP contribution >= 0.6 is 11.6 Å². The second kappa shape index (κ2) is 5.26. The van der Waals surface area contributed by atoms with Crippen molar-refractivity contribution in [1.82, 2.24) is 19.9 Å². The van der Waals surface area contributed by atoms with Crippen LogP contribution < -0.4 is 10.1 Å². The molecule has 2 heterocycles. The van der Waals surface area contributed by atoms with E-state index in [0.29, 0.717) is 5.95 Å². The number of pyridine rings is 1. The minimum atomic E-state index is 0.0625. The van der Waals surface area contributed by atoms with Gasteiger partial charge in [-0.2, -0.15) is 15.0 Å². The molecular formula is C13H10ClN5O. The van der Waals surface area contributed by atoms with Crippen LogP contribution in [0, 0.1) is 0 Å². The lowest BCUT2D eigenvalue weighted by molar-refractivity contribution is 0.379. The first-order valence-corrected chi connectivity index (χ1v) is 6.20. The molecule has 0 saturated heterocycles. The first kappa shape index (κ1) is 12.6. The quantitative estimate of drug-likeness (QED) is 0.798. The van der Waals surface area contributed by atoms with Crippen molar-refractivity contribution in [3.63, 3.8) is 0 Å². The van der Waals surface area contributed by atoms with Gasteiger partial charge in [-0.3, -0.25) is 4.98 Å². The highest BCUT2D eigenvalue weighted by atomic mass is 35.5. The van der Waals surface area contributed by atoms with E-state index in [0.717, 1.165) is 16.6 Å². The minimum Gasteiger partial charge on any atom is -0.467 e. The highest BCUT2D eigenvalue weighted by Gasteiger charge is 2.07. The number of aromatic nitrogens is 4. The lowest BCUT2D eigenvalue weighted by atomic mass is 10.2. The van der Waals surface area contributed by atoms with E-state index in [2.05, 4.69) is 25.3 Å². The second-order valence-corrected chi connectivity index (χ2v) is 4.26. The molecule has 20 heavy (non-hydrogen) atoms. The number of para-hydroxylation sites is 1. The van der Waals surface area contributed by atoms with Crippen molar-refractivity contribution < 1.29 is 4.74 Å². The van der Waals surface area contributed by atoms with Crippen molar-refractivity contribution in [2.75, 3.05) is 12.4 Å². The highest BCUT2D eigenvalue weighted by Crippen LogP contribution is 2.23. The average Bonchev–Trinajstić information content (AvgIpc) is 2.47. The number of anilines is 2. The van der Waals surface area contributed by atoms with Crippen LogP contribution in [0.1, 0.15) is 0 Å². The molecule has 6 nitrogen and oxygen atoms in total. The lowest BCUT2D eigenvalue weighted by Gasteiger charge is -2.08. The number of halogens is 1. The summed E-state index contributed by atoms with van der Waals surface area (Å²) in [5, 5.41) is 4.15. The molecule has 2 aromatic heterocycles. The Morgan fingerprint density at radius 2 is 1.95 bits per heavy atom. The largest absolute Gasteiger partial charge is 0.467 e. The third-order valence-corrected chi connectivity index (χ3v) is 2.82. The molecule has 0 bridgehead atoms. The molecule has 0 saturated carbocycles. The van der Waals surface area contributed by atoms with Gasteiger partial charge in [0, 0.05) is 11.6 Å². The maximum atomic E-state index is 5.82. The molecule has 0 amide bonds. The Hall–Kier alpha value is -2.47. The maximum Gasteiger partial charge on any atom is 0.322 e. The summed E-state index contributed by atoms with van der Waals surface area (Å²) in [4.78, 5) is 16.3. The normalized spacial score (nSPS) is 10.5. The van der Waals surface area contributed by atoms with Gasteiger partial charge in [0.15, 0.2) is 0 Å². The average molecular weight is 288 g/mol. The Bertz CT molecular complexity index is 759. The van der Waals surface area contributed by atoms with E-state index in [1.165, 1.54) is 7.11 Å². The molecule has 0 aliphatic carbocycles. The Morgan fingerprint density at radius 1 is 1.10 bits per heavy atom. The maximum absolute atomic E-state index is 5.82. The molecule has 0 spiro atoms. The molecule has 1 N–H and O–H groups in total. The van der Waals surface area contributed by atoms with Gasteiger partial charge in [-0.05, 0) is 23.7 Å². The predicted molar refractivity (Wildman–Crippen MR) is 76.4 cm³/mol. The summed E-state index contributed by atoms with van der Waals surface area (Å²) in [6.07, 6.45) is 1.73. The minimum absolute atomic E-state index is 0.0625. The van der Waals surface area contributed by atoms with Crippen molar-refractivity contribution in [2.24, 2.45) is 0 Å². The van der Waals surface area contributed by atoms with Crippen molar-refractivity contribution in [3.8, 4) is 6.01 Å². The Kier molecular flexibility index (Phi) is 3.30. The molecule has 7 heteroatoms. The number of fused-ring (bicyclic) bond motifs is 1. The first-order chi connectivity index (χ1) is 9.76. The summed E-state index contributed by atoms with van der Waals surface area (Å²) < 4.78 is 4.96. The molecular weight excluding hydrogens is 278 g/mol. The van der Waals surface area contributed by atoms with Crippen molar-refractivity contribution >= 4 is 34.1 Å². The van der Waals surface area contributed by atoms with Crippen LogP contribution in [-0.4, -0.2) is 27.0 Å². The van der Waals surface area contributed by atoms with Gasteiger partial charge in [0.05, 0.1) is 18.3 Å². The molecule has 100 valence electrons. The Morgan fingerprint density at radius 3 is 2.80 bits per heavy atom. The zero-order valence-corrected chi connectivity index (χ0v) is 11.3. The van der Waals surface area contributed by atoms with E-state index < -0.39 is 0 Å². The van der Waals surface area contributed by atoms with Crippen molar-refractivity contribution in [1.29, 1.82) is 0 Å². The van der Waals surface area contributed by atoms with Crippen LogP contribution in [0.15, 0.2) is 36.5 Å². The van der Waals surface area contributed by atoms with Gasteiger partial charge < -0.3 is 10.1 Å². The molecule has 0 aliphatic rings. The van der Waals surface area contributed by atoms with Crippen LogP contribution in [0.3, 0.4) is 0 Å².